The molecule has 0 aromatic heterocycles. The summed E-state index contributed by atoms with van der Waals surface area (Å²) in [6.45, 7) is 0. The average molecular weight is 584 g/mol. The van der Waals surface area contributed by atoms with Gasteiger partial charge in [0.1, 0.15) is 12.2 Å². The van der Waals surface area contributed by atoms with Crippen molar-refractivity contribution in [1.29, 1.82) is 0 Å². The minimum Gasteiger partial charge on any atom is -0.339 e. The number of hydrogen-bond acceptors (Lipinski definition) is 6. The number of sulfone groups is 1. The minimum atomic E-state index is -3.50. The maximum Gasteiger partial charge on any atom is 0.253 e. The zero-order valence-corrected chi connectivity index (χ0v) is 24.4. The number of ether oxygens (including phenoxy) is 2. The molecule has 1 aliphatic heterocycles. The number of hydrogen-bond donors (Lipinski definition) is 0. The molecule has 1 amide bonds. The number of likely N-dealkylation sites (N-methyl/N-ethyl adjacent to an activating group) is 1. The summed E-state index contributed by atoms with van der Waals surface area (Å²) in [5.41, 5.74) is 2.77. The van der Waals surface area contributed by atoms with E-state index in [1.165, 1.54) is 18.2 Å². The molecule has 1 saturated heterocycles. The second-order valence-corrected chi connectivity index (χ2v) is 13.1. The standard InChI is InChI=1S/C31H34ClNO6S/c1-33(37-2)30(34)25(24-14-15-27(26(32)19-24)40(3,35)36)18-21-16-17-31(20-21)38-28(22-10-6-4-7-11-22)29(39-31)23-12-8-5-9-13-23/h4-15,19,21,25,28-29H,16-18,20H2,1-3H3/t21?,25?,28-,29-/m1/s1. The Bertz CT molecular complexity index is 1400. The lowest BCUT2D eigenvalue weighted by molar-refractivity contribution is -0.175. The van der Waals surface area contributed by atoms with E-state index in [0.717, 1.165) is 23.8 Å². The first-order valence-electron chi connectivity index (χ1n) is 13.4. The molecule has 7 nitrogen and oxygen atoms in total. The quantitative estimate of drug-likeness (QED) is 0.291. The van der Waals surface area contributed by atoms with Gasteiger partial charge in [-0.3, -0.25) is 9.63 Å². The van der Waals surface area contributed by atoms with Crippen LogP contribution < -0.4 is 0 Å². The van der Waals surface area contributed by atoms with E-state index in [0.29, 0.717) is 24.8 Å². The fraction of sp³-hybridized carbons (Fsp3) is 0.387. The predicted octanol–water partition coefficient (Wildman–Crippen LogP) is 6.26. The van der Waals surface area contributed by atoms with Crippen molar-refractivity contribution < 1.29 is 27.5 Å². The maximum absolute atomic E-state index is 13.4. The van der Waals surface area contributed by atoms with Gasteiger partial charge in [0, 0.05) is 26.1 Å². The van der Waals surface area contributed by atoms with E-state index >= 15 is 0 Å². The molecule has 40 heavy (non-hydrogen) atoms. The normalized spacial score (nSPS) is 22.9. The Labute approximate surface area is 240 Å². The summed E-state index contributed by atoms with van der Waals surface area (Å²) in [5, 5.41) is 1.30. The first-order chi connectivity index (χ1) is 19.1. The molecule has 3 aromatic rings. The predicted molar refractivity (Wildman–Crippen MR) is 152 cm³/mol. The van der Waals surface area contributed by atoms with E-state index in [1.807, 2.05) is 36.4 Å². The van der Waals surface area contributed by atoms with Gasteiger partial charge >= 0.3 is 0 Å². The van der Waals surface area contributed by atoms with Crippen molar-refractivity contribution in [2.24, 2.45) is 5.92 Å². The van der Waals surface area contributed by atoms with E-state index in [2.05, 4.69) is 24.3 Å². The molecule has 0 N–H and O–H groups in total. The third-order valence-electron chi connectivity index (χ3n) is 7.96. The SMILES string of the molecule is CON(C)C(=O)C(CC1CCC2(C1)O[C@H](c1ccccc1)[C@@H](c1ccccc1)O2)c1ccc(S(C)(=O)=O)c(Cl)c1. The van der Waals surface area contributed by atoms with Gasteiger partial charge in [-0.15, -0.1) is 0 Å². The van der Waals surface area contributed by atoms with Crippen LogP contribution in [0.15, 0.2) is 83.8 Å². The largest absolute Gasteiger partial charge is 0.339 e. The molecular formula is C31H34ClNO6S. The molecule has 1 aliphatic carbocycles. The number of nitrogens with zero attached hydrogens (tertiary/aromatic N) is 1. The number of carbonyl (C=O) groups excluding carboxylic acids is 1. The van der Waals surface area contributed by atoms with E-state index in [-0.39, 0.29) is 34.0 Å². The number of rotatable bonds is 8. The number of halogens is 1. The molecule has 212 valence electrons. The van der Waals surface area contributed by atoms with Gasteiger partial charge in [-0.05, 0) is 47.6 Å². The van der Waals surface area contributed by atoms with Crippen LogP contribution >= 0.6 is 11.6 Å². The third-order valence-corrected chi connectivity index (χ3v) is 9.54. The highest BCUT2D eigenvalue weighted by Gasteiger charge is 2.53. The molecule has 2 unspecified atom stereocenters. The zero-order chi connectivity index (χ0) is 28.5. The van der Waals surface area contributed by atoms with E-state index in [4.69, 9.17) is 25.9 Å². The Balaban J connectivity index is 1.40. The van der Waals surface area contributed by atoms with Crippen molar-refractivity contribution in [3.63, 3.8) is 0 Å². The van der Waals surface area contributed by atoms with Crippen LogP contribution in [0.25, 0.3) is 0 Å². The van der Waals surface area contributed by atoms with Gasteiger partial charge in [0.25, 0.3) is 5.91 Å². The van der Waals surface area contributed by atoms with Crippen LogP contribution in [0, 0.1) is 5.92 Å². The Morgan fingerprint density at radius 3 is 2.10 bits per heavy atom. The average Bonchev–Trinajstić information content (AvgIpc) is 3.53. The lowest BCUT2D eigenvalue weighted by Crippen LogP contribution is -2.32. The number of hydroxylamine groups is 2. The van der Waals surface area contributed by atoms with Crippen LogP contribution in [-0.4, -0.2) is 45.6 Å². The van der Waals surface area contributed by atoms with Crippen LogP contribution in [0.2, 0.25) is 5.02 Å². The fourth-order valence-corrected chi connectivity index (χ4v) is 7.26. The maximum atomic E-state index is 13.4. The molecule has 0 radical (unpaired) electrons. The zero-order valence-electron chi connectivity index (χ0n) is 22.8. The molecule has 2 aliphatic rings. The van der Waals surface area contributed by atoms with Crippen molar-refractivity contribution in [2.75, 3.05) is 20.4 Å². The summed E-state index contributed by atoms with van der Waals surface area (Å²) in [6, 6.07) is 25.0. The molecule has 3 aromatic carbocycles. The second-order valence-electron chi connectivity index (χ2n) is 10.7. The van der Waals surface area contributed by atoms with Gasteiger partial charge in [0.2, 0.25) is 0 Å². The highest BCUT2D eigenvalue weighted by molar-refractivity contribution is 7.90. The molecule has 9 heteroatoms. The smallest absolute Gasteiger partial charge is 0.253 e. The molecule has 1 saturated carbocycles. The first kappa shape index (κ1) is 28.8. The van der Waals surface area contributed by atoms with E-state index in [1.54, 1.807) is 19.2 Å². The Morgan fingerprint density at radius 1 is 1.02 bits per heavy atom. The fourth-order valence-electron chi connectivity index (χ4n) is 5.93. The van der Waals surface area contributed by atoms with E-state index < -0.39 is 21.5 Å². The second kappa shape index (κ2) is 11.6. The first-order valence-corrected chi connectivity index (χ1v) is 15.6. The van der Waals surface area contributed by atoms with Crippen molar-refractivity contribution in [1.82, 2.24) is 5.06 Å². The van der Waals surface area contributed by atoms with Gasteiger partial charge in [-0.25, -0.2) is 13.5 Å². The van der Waals surface area contributed by atoms with Gasteiger partial charge < -0.3 is 9.47 Å². The van der Waals surface area contributed by atoms with Gasteiger partial charge in [0.05, 0.1) is 22.9 Å². The number of amides is 1. The minimum absolute atomic E-state index is 0.0377. The summed E-state index contributed by atoms with van der Waals surface area (Å²) < 4.78 is 37.7. The van der Waals surface area contributed by atoms with Crippen LogP contribution in [0.1, 0.15) is 60.5 Å². The molecule has 1 heterocycles. The van der Waals surface area contributed by atoms with Crippen molar-refractivity contribution >= 4 is 27.3 Å². The molecule has 4 atom stereocenters. The Kier molecular flexibility index (Phi) is 8.36. The summed E-state index contributed by atoms with van der Waals surface area (Å²) in [4.78, 5) is 18.7. The summed E-state index contributed by atoms with van der Waals surface area (Å²) in [5.74, 6) is -1.44. The van der Waals surface area contributed by atoms with Gasteiger partial charge in [0.15, 0.2) is 15.6 Å². The molecule has 0 bridgehead atoms. The van der Waals surface area contributed by atoms with Crippen molar-refractivity contribution in [3.05, 3.63) is 101 Å². The monoisotopic (exact) mass is 583 g/mol. The highest BCUT2D eigenvalue weighted by Crippen LogP contribution is 2.55. The lowest BCUT2D eigenvalue weighted by Gasteiger charge is -2.26. The lowest BCUT2D eigenvalue weighted by atomic mass is 9.87. The van der Waals surface area contributed by atoms with Gasteiger partial charge in [-0.1, -0.05) is 78.3 Å². The molecule has 2 fully saturated rings. The summed E-state index contributed by atoms with van der Waals surface area (Å²) >= 11 is 6.36. The molecular weight excluding hydrogens is 550 g/mol. The van der Waals surface area contributed by atoms with Crippen LogP contribution in [0.5, 0.6) is 0 Å². The number of benzene rings is 3. The molecule has 1 spiro atoms. The third kappa shape index (κ3) is 5.97. The van der Waals surface area contributed by atoms with Crippen molar-refractivity contribution in [3.8, 4) is 0 Å². The summed E-state index contributed by atoms with van der Waals surface area (Å²) in [7, 11) is -0.493. The van der Waals surface area contributed by atoms with Gasteiger partial charge in [-0.2, -0.15) is 0 Å². The Morgan fingerprint density at radius 2 is 1.60 bits per heavy atom. The molecule has 5 rings (SSSR count). The highest BCUT2D eigenvalue weighted by atomic mass is 35.5. The van der Waals surface area contributed by atoms with Crippen LogP contribution in [0.3, 0.4) is 0 Å². The van der Waals surface area contributed by atoms with E-state index in [9.17, 15) is 13.2 Å². The summed E-state index contributed by atoms with van der Waals surface area (Å²) in [6.07, 6.45) is 3.29. The van der Waals surface area contributed by atoms with Crippen molar-refractivity contribution in [2.45, 2.75) is 54.5 Å². The van der Waals surface area contributed by atoms with Crippen LogP contribution in [0.4, 0.5) is 0 Å². The number of carbonyl (C=O) groups is 1. The van der Waals surface area contributed by atoms with Crippen LogP contribution in [-0.2, 0) is 28.9 Å². The topological polar surface area (TPSA) is 82.1 Å². The Hall–Kier alpha value is -2.75.